The van der Waals surface area contributed by atoms with Crippen molar-refractivity contribution in [2.75, 3.05) is 4.90 Å². The number of aryl methyl sites for hydroxylation is 2. The number of rotatable bonds is 6. The number of fused-ring (bicyclic) bond motifs is 8. The molecule has 9 aromatic carbocycles. The first-order valence-electron chi connectivity index (χ1n) is 20.7. The summed E-state index contributed by atoms with van der Waals surface area (Å²) >= 11 is 0. The Morgan fingerprint density at radius 2 is 0.949 bits per heavy atom. The number of aromatic nitrogens is 1. The van der Waals surface area contributed by atoms with Gasteiger partial charge in [-0.05, 0) is 129 Å². The van der Waals surface area contributed by atoms with Crippen LogP contribution < -0.4 is 4.90 Å². The summed E-state index contributed by atoms with van der Waals surface area (Å²) in [7, 11) is 0. The fourth-order valence-electron chi connectivity index (χ4n) is 9.92. The molecule has 2 nitrogen and oxygen atoms in total. The van der Waals surface area contributed by atoms with Crippen LogP contribution >= 0.6 is 0 Å². The molecule has 0 amide bonds. The highest BCUT2D eigenvalue weighted by Crippen LogP contribution is 2.55. The Balaban J connectivity index is 1.14. The van der Waals surface area contributed by atoms with E-state index in [1.807, 2.05) is 0 Å². The lowest BCUT2D eigenvalue weighted by Crippen LogP contribution is -2.17. The number of benzene rings is 9. The molecule has 0 saturated heterocycles. The standard InChI is InChI=1S/C57H44N2/c1-37-17-16-18-38(2)56(37)58(43-23-12-7-13-24-43)44-29-30-47-50(35-44)57(3,4)51-36-54(45-25-14-15-26-46(45)55(47)51)59-52-31-27-41(39-19-8-5-9-20-39)33-48(52)49-34-42(28-32-53(49)59)40-21-10-6-11-22-40/h5-36H,1-4H3. The molecular weight excluding hydrogens is 713 g/mol. The number of hydrogen-bond acceptors (Lipinski definition) is 1. The van der Waals surface area contributed by atoms with Crippen molar-refractivity contribution in [2.45, 2.75) is 33.1 Å². The van der Waals surface area contributed by atoms with Gasteiger partial charge in [-0.15, -0.1) is 0 Å². The molecule has 2 heteroatoms. The van der Waals surface area contributed by atoms with E-state index in [0.717, 1.165) is 5.69 Å². The maximum atomic E-state index is 2.53. The number of anilines is 3. The van der Waals surface area contributed by atoms with Gasteiger partial charge < -0.3 is 9.47 Å². The summed E-state index contributed by atoms with van der Waals surface area (Å²) < 4.78 is 2.53. The zero-order valence-corrected chi connectivity index (χ0v) is 33.9. The fraction of sp³-hybridized carbons (Fsp3) is 0.0877. The molecule has 0 radical (unpaired) electrons. The first kappa shape index (κ1) is 35.0. The molecule has 10 aromatic rings. The minimum Gasteiger partial charge on any atom is -0.310 e. The lowest BCUT2D eigenvalue weighted by Gasteiger charge is -2.30. The Hall–Kier alpha value is -7.16. The van der Waals surface area contributed by atoms with E-state index in [4.69, 9.17) is 0 Å². The molecule has 282 valence electrons. The number of nitrogens with zero attached hydrogens (tertiary/aromatic N) is 2. The molecule has 1 heterocycles. The average Bonchev–Trinajstić information content (AvgIpc) is 3.72. The normalized spacial score (nSPS) is 12.9. The topological polar surface area (TPSA) is 8.17 Å². The Labute approximate surface area is 346 Å². The smallest absolute Gasteiger partial charge is 0.0544 e. The van der Waals surface area contributed by atoms with Crippen molar-refractivity contribution < 1.29 is 0 Å². The monoisotopic (exact) mass is 756 g/mol. The van der Waals surface area contributed by atoms with E-state index < -0.39 is 0 Å². The Morgan fingerprint density at radius 3 is 1.54 bits per heavy atom. The molecule has 0 atom stereocenters. The molecule has 0 saturated carbocycles. The Bertz CT molecular complexity index is 3130. The molecule has 11 rings (SSSR count). The summed E-state index contributed by atoms with van der Waals surface area (Å²) in [5, 5.41) is 5.04. The lowest BCUT2D eigenvalue weighted by atomic mass is 9.81. The van der Waals surface area contributed by atoms with Crippen molar-refractivity contribution in [1.82, 2.24) is 4.57 Å². The third-order valence-electron chi connectivity index (χ3n) is 12.8. The molecule has 0 fully saturated rings. The highest BCUT2D eigenvalue weighted by atomic mass is 15.1. The largest absolute Gasteiger partial charge is 0.310 e. The van der Waals surface area contributed by atoms with Crippen LogP contribution in [-0.4, -0.2) is 4.57 Å². The Morgan fingerprint density at radius 1 is 0.407 bits per heavy atom. The molecule has 1 aromatic heterocycles. The third kappa shape index (κ3) is 5.47. The summed E-state index contributed by atoms with van der Waals surface area (Å²) in [5.41, 5.74) is 19.7. The van der Waals surface area contributed by atoms with Gasteiger partial charge in [0.05, 0.1) is 22.4 Å². The van der Waals surface area contributed by atoms with Gasteiger partial charge in [-0.25, -0.2) is 0 Å². The van der Waals surface area contributed by atoms with Crippen molar-refractivity contribution >= 4 is 49.6 Å². The molecule has 0 unspecified atom stereocenters. The van der Waals surface area contributed by atoms with Gasteiger partial charge in [0.2, 0.25) is 0 Å². The van der Waals surface area contributed by atoms with Crippen LogP contribution in [0.15, 0.2) is 194 Å². The van der Waals surface area contributed by atoms with E-state index in [1.165, 1.54) is 105 Å². The predicted octanol–water partition coefficient (Wildman–Crippen LogP) is 15.7. The second-order valence-corrected chi connectivity index (χ2v) is 16.7. The van der Waals surface area contributed by atoms with Crippen molar-refractivity contribution in [2.24, 2.45) is 0 Å². The second kappa shape index (κ2) is 13.5. The van der Waals surface area contributed by atoms with Crippen molar-refractivity contribution in [3.63, 3.8) is 0 Å². The summed E-state index contributed by atoms with van der Waals surface area (Å²) in [6.07, 6.45) is 0. The maximum Gasteiger partial charge on any atom is 0.0544 e. The van der Waals surface area contributed by atoms with Crippen molar-refractivity contribution in [3.05, 3.63) is 216 Å². The van der Waals surface area contributed by atoms with Gasteiger partial charge in [0, 0.05) is 32.9 Å². The minimum atomic E-state index is -0.262. The summed E-state index contributed by atoms with van der Waals surface area (Å²) in [6.45, 7) is 9.27. The Kier molecular flexibility index (Phi) is 8.00. The molecule has 0 N–H and O–H groups in total. The van der Waals surface area contributed by atoms with Crippen LogP contribution in [0.3, 0.4) is 0 Å². The van der Waals surface area contributed by atoms with E-state index in [1.54, 1.807) is 0 Å². The highest BCUT2D eigenvalue weighted by Gasteiger charge is 2.38. The van der Waals surface area contributed by atoms with E-state index in [-0.39, 0.29) is 5.41 Å². The van der Waals surface area contributed by atoms with Crippen molar-refractivity contribution in [3.8, 4) is 39.1 Å². The van der Waals surface area contributed by atoms with Gasteiger partial charge in [0.1, 0.15) is 0 Å². The van der Waals surface area contributed by atoms with E-state index in [2.05, 4.69) is 231 Å². The third-order valence-corrected chi connectivity index (χ3v) is 12.8. The van der Waals surface area contributed by atoms with Crippen LogP contribution in [0.4, 0.5) is 17.1 Å². The quantitative estimate of drug-likeness (QED) is 0.164. The molecule has 1 aliphatic carbocycles. The molecule has 59 heavy (non-hydrogen) atoms. The van der Waals surface area contributed by atoms with Gasteiger partial charge in [-0.1, -0.05) is 153 Å². The van der Waals surface area contributed by atoms with Gasteiger partial charge >= 0.3 is 0 Å². The summed E-state index contributed by atoms with van der Waals surface area (Å²) in [5.74, 6) is 0. The van der Waals surface area contributed by atoms with E-state index in [9.17, 15) is 0 Å². The summed E-state index contributed by atoms with van der Waals surface area (Å²) in [6, 6.07) is 71.6. The van der Waals surface area contributed by atoms with E-state index >= 15 is 0 Å². The molecule has 0 bridgehead atoms. The lowest BCUT2D eigenvalue weighted by molar-refractivity contribution is 0.660. The number of para-hydroxylation sites is 2. The molecule has 0 spiro atoms. The SMILES string of the molecule is Cc1cccc(C)c1N(c1ccccc1)c1ccc2c(c1)C(C)(C)c1cc(-n3c4ccc(-c5ccccc5)cc4c4cc(-c5ccccc5)ccc43)c3ccccc3c1-2. The van der Waals surface area contributed by atoms with E-state index in [0.29, 0.717) is 0 Å². The van der Waals surface area contributed by atoms with Gasteiger partial charge in [0.15, 0.2) is 0 Å². The number of hydrogen-bond donors (Lipinski definition) is 0. The predicted molar refractivity (Wildman–Crippen MR) is 251 cm³/mol. The zero-order valence-electron chi connectivity index (χ0n) is 33.9. The zero-order chi connectivity index (χ0) is 39.8. The van der Waals surface area contributed by atoms with Gasteiger partial charge in [0.25, 0.3) is 0 Å². The molecule has 1 aliphatic rings. The summed E-state index contributed by atoms with van der Waals surface area (Å²) in [4.78, 5) is 2.44. The molecular formula is C57H44N2. The van der Waals surface area contributed by atoms with Crippen LogP contribution in [0.2, 0.25) is 0 Å². The van der Waals surface area contributed by atoms with Crippen LogP contribution in [0, 0.1) is 13.8 Å². The first-order valence-corrected chi connectivity index (χ1v) is 20.7. The maximum absolute atomic E-state index is 2.53. The average molecular weight is 757 g/mol. The molecule has 0 aliphatic heterocycles. The van der Waals surface area contributed by atoms with Gasteiger partial charge in [-0.3, -0.25) is 0 Å². The van der Waals surface area contributed by atoms with Crippen LogP contribution in [0.1, 0.15) is 36.1 Å². The van der Waals surface area contributed by atoms with Crippen LogP contribution in [-0.2, 0) is 5.41 Å². The van der Waals surface area contributed by atoms with Crippen LogP contribution in [0.25, 0.3) is 71.6 Å². The van der Waals surface area contributed by atoms with Crippen LogP contribution in [0.5, 0.6) is 0 Å². The highest BCUT2D eigenvalue weighted by molar-refractivity contribution is 6.14. The first-order chi connectivity index (χ1) is 28.9. The minimum absolute atomic E-state index is 0.262. The second-order valence-electron chi connectivity index (χ2n) is 16.7. The fourth-order valence-corrected chi connectivity index (χ4v) is 9.92. The van der Waals surface area contributed by atoms with Crippen molar-refractivity contribution in [1.29, 1.82) is 0 Å². The van der Waals surface area contributed by atoms with Gasteiger partial charge in [-0.2, -0.15) is 0 Å².